The lowest BCUT2D eigenvalue weighted by Crippen LogP contribution is -2.27. The quantitative estimate of drug-likeness (QED) is 0.691. The number of hydrogen-bond donors (Lipinski definition) is 1. The van der Waals surface area contributed by atoms with Gasteiger partial charge in [0.2, 0.25) is 5.88 Å². The molecular weight excluding hydrogens is 435 g/mol. The van der Waals surface area contributed by atoms with Gasteiger partial charge in [0.05, 0.1) is 18.1 Å². The second-order valence-corrected chi connectivity index (χ2v) is 7.84. The Morgan fingerprint density at radius 1 is 1.28 bits per heavy atom. The predicted molar refractivity (Wildman–Crippen MR) is 115 cm³/mol. The van der Waals surface area contributed by atoms with E-state index in [1.165, 1.54) is 19.2 Å². The van der Waals surface area contributed by atoms with Gasteiger partial charge in [0, 0.05) is 24.0 Å². The van der Waals surface area contributed by atoms with E-state index in [0.29, 0.717) is 47.7 Å². The van der Waals surface area contributed by atoms with E-state index in [9.17, 15) is 14.4 Å². The van der Waals surface area contributed by atoms with Crippen LogP contribution >= 0.6 is 11.6 Å². The standard InChI is InChI=1S/C24H20ClFN2O4/c1-30-21-10-13(8-9-19(21)31-12-15-16(25)4-2-5-17(15)26)22-14(11-27)24(28)32-20-7-3-6-18(29)23(20)22/h2,4-5,8-10,22H,3,6-7,12,28H2,1H3/t22-/m0/s1. The van der Waals surface area contributed by atoms with E-state index < -0.39 is 11.7 Å². The van der Waals surface area contributed by atoms with E-state index in [4.69, 9.17) is 31.5 Å². The zero-order valence-corrected chi connectivity index (χ0v) is 18.0. The molecule has 1 heterocycles. The molecular formula is C24H20ClFN2O4. The van der Waals surface area contributed by atoms with Gasteiger partial charge in [0.25, 0.3) is 0 Å². The van der Waals surface area contributed by atoms with Crippen LogP contribution in [0.2, 0.25) is 5.02 Å². The normalized spacial score (nSPS) is 18.1. The fourth-order valence-corrected chi connectivity index (χ4v) is 4.21. The van der Waals surface area contributed by atoms with Crippen molar-refractivity contribution in [1.82, 2.24) is 0 Å². The molecule has 2 aromatic rings. The van der Waals surface area contributed by atoms with Crippen LogP contribution in [0.1, 0.15) is 36.3 Å². The number of carbonyl (C=O) groups excluding carboxylic acids is 1. The van der Waals surface area contributed by atoms with Crippen molar-refractivity contribution < 1.29 is 23.4 Å². The number of hydrogen-bond acceptors (Lipinski definition) is 6. The summed E-state index contributed by atoms with van der Waals surface area (Å²) in [7, 11) is 1.47. The Kier molecular flexibility index (Phi) is 6.06. The molecule has 0 saturated carbocycles. The second-order valence-electron chi connectivity index (χ2n) is 7.44. The average molecular weight is 455 g/mol. The topological polar surface area (TPSA) is 94.6 Å². The maximum absolute atomic E-state index is 14.1. The molecule has 2 aliphatic rings. The summed E-state index contributed by atoms with van der Waals surface area (Å²) >= 11 is 6.07. The summed E-state index contributed by atoms with van der Waals surface area (Å²) in [4.78, 5) is 12.7. The highest BCUT2D eigenvalue weighted by atomic mass is 35.5. The minimum absolute atomic E-state index is 0.000520. The fourth-order valence-electron chi connectivity index (χ4n) is 3.99. The number of benzene rings is 2. The maximum Gasteiger partial charge on any atom is 0.205 e. The monoisotopic (exact) mass is 454 g/mol. The van der Waals surface area contributed by atoms with E-state index in [1.807, 2.05) is 0 Å². The molecule has 0 amide bonds. The third kappa shape index (κ3) is 3.90. The summed E-state index contributed by atoms with van der Waals surface area (Å²) in [5.74, 6) is 0.0519. The van der Waals surface area contributed by atoms with Gasteiger partial charge < -0.3 is 19.9 Å². The molecule has 0 bridgehead atoms. The first-order valence-corrected chi connectivity index (χ1v) is 10.4. The number of allylic oxidation sites excluding steroid dienone is 3. The first-order valence-electron chi connectivity index (χ1n) is 10.0. The summed E-state index contributed by atoms with van der Waals surface area (Å²) in [5.41, 5.74) is 7.50. The molecule has 2 N–H and O–H groups in total. The Morgan fingerprint density at radius 2 is 2.09 bits per heavy atom. The van der Waals surface area contributed by atoms with Crippen LogP contribution in [0.15, 0.2) is 59.2 Å². The Morgan fingerprint density at radius 3 is 2.81 bits per heavy atom. The number of rotatable bonds is 5. The van der Waals surface area contributed by atoms with E-state index in [1.54, 1.807) is 24.3 Å². The Hall–Kier alpha value is -3.50. The highest BCUT2D eigenvalue weighted by Crippen LogP contribution is 2.45. The SMILES string of the molecule is COc1cc([C@H]2C(C#N)=C(N)OC3=C2C(=O)CCC3)ccc1OCc1c(F)cccc1Cl. The summed E-state index contributed by atoms with van der Waals surface area (Å²) in [6.07, 6.45) is 1.64. The van der Waals surface area contributed by atoms with Gasteiger partial charge in [0.1, 0.15) is 29.8 Å². The lowest BCUT2D eigenvalue weighted by molar-refractivity contribution is -0.116. The number of nitrogens with two attached hydrogens (primary N) is 1. The van der Waals surface area contributed by atoms with Gasteiger partial charge in [-0.3, -0.25) is 4.79 Å². The molecule has 0 fully saturated rings. The summed E-state index contributed by atoms with van der Waals surface area (Å²) in [6.45, 7) is -0.0947. The van der Waals surface area contributed by atoms with Crippen LogP contribution in [0.25, 0.3) is 0 Å². The number of ketones is 1. The zero-order chi connectivity index (χ0) is 22.8. The highest BCUT2D eigenvalue weighted by molar-refractivity contribution is 6.31. The molecule has 0 saturated heterocycles. The number of ether oxygens (including phenoxy) is 3. The van der Waals surface area contributed by atoms with Crippen molar-refractivity contribution in [2.75, 3.05) is 7.11 Å². The van der Waals surface area contributed by atoms with Crippen molar-refractivity contribution in [2.45, 2.75) is 31.8 Å². The Balaban J connectivity index is 1.70. The molecule has 2 aromatic carbocycles. The van der Waals surface area contributed by atoms with Crippen LogP contribution in [0.4, 0.5) is 4.39 Å². The van der Waals surface area contributed by atoms with E-state index in [0.717, 1.165) is 0 Å². The van der Waals surface area contributed by atoms with Crippen LogP contribution in [0.3, 0.4) is 0 Å². The maximum atomic E-state index is 14.1. The summed E-state index contributed by atoms with van der Waals surface area (Å²) < 4.78 is 30.9. The van der Waals surface area contributed by atoms with Crippen molar-refractivity contribution in [2.24, 2.45) is 5.73 Å². The van der Waals surface area contributed by atoms with E-state index >= 15 is 0 Å². The van der Waals surface area contributed by atoms with Gasteiger partial charge in [0.15, 0.2) is 17.3 Å². The largest absolute Gasteiger partial charge is 0.493 e. The zero-order valence-electron chi connectivity index (χ0n) is 17.3. The lowest BCUT2D eigenvalue weighted by atomic mass is 9.77. The van der Waals surface area contributed by atoms with Crippen molar-refractivity contribution in [3.63, 3.8) is 0 Å². The molecule has 1 aliphatic heterocycles. The number of nitriles is 1. The molecule has 6 nitrogen and oxygen atoms in total. The fraction of sp³-hybridized carbons (Fsp3) is 0.250. The number of carbonyl (C=O) groups is 1. The lowest BCUT2D eigenvalue weighted by Gasteiger charge is -2.31. The first-order chi connectivity index (χ1) is 15.4. The first kappa shape index (κ1) is 21.7. The predicted octanol–water partition coefficient (Wildman–Crippen LogP) is 4.88. The number of halogens is 2. The van der Waals surface area contributed by atoms with Crippen molar-refractivity contribution in [3.05, 3.63) is 81.2 Å². The molecule has 0 radical (unpaired) electrons. The highest BCUT2D eigenvalue weighted by Gasteiger charge is 2.38. The van der Waals surface area contributed by atoms with Crippen LogP contribution in [0, 0.1) is 17.1 Å². The molecule has 164 valence electrons. The third-order valence-corrected chi connectivity index (χ3v) is 5.91. The number of Topliss-reactive ketones (excluding diaryl/α,β-unsaturated/α-hetero) is 1. The molecule has 1 atom stereocenters. The molecule has 1 aliphatic carbocycles. The minimum atomic E-state index is -0.652. The Labute approximate surface area is 189 Å². The minimum Gasteiger partial charge on any atom is -0.493 e. The van der Waals surface area contributed by atoms with Crippen LogP contribution in [-0.2, 0) is 16.1 Å². The van der Waals surface area contributed by atoms with Crippen LogP contribution < -0.4 is 15.2 Å². The molecule has 32 heavy (non-hydrogen) atoms. The van der Waals surface area contributed by atoms with Crippen LogP contribution in [0.5, 0.6) is 11.5 Å². The number of methoxy groups -OCH3 is 1. The average Bonchev–Trinajstić information content (AvgIpc) is 2.78. The van der Waals surface area contributed by atoms with Gasteiger partial charge in [-0.25, -0.2) is 4.39 Å². The van der Waals surface area contributed by atoms with E-state index in [2.05, 4.69) is 6.07 Å². The second kappa shape index (κ2) is 8.93. The number of nitrogens with zero attached hydrogens (tertiary/aromatic N) is 1. The molecule has 8 heteroatoms. The van der Waals surface area contributed by atoms with Gasteiger partial charge in [-0.2, -0.15) is 5.26 Å². The van der Waals surface area contributed by atoms with Gasteiger partial charge >= 0.3 is 0 Å². The van der Waals surface area contributed by atoms with Crippen molar-refractivity contribution >= 4 is 17.4 Å². The molecule has 0 aromatic heterocycles. The van der Waals surface area contributed by atoms with Gasteiger partial charge in [-0.05, 0) is 36.2 Å². The third-order valence-electron chi connectivity index (χ3n) is 5.56. The summed E-state index contributed by atoms with van der Waals surface area (Å²) in [5, 5.41) is 9.97. The van der Waals surface area contributed by atoms with Gasteiger partial charge in [-0.1, -0.05) is 23.7 Å². The van der Waals surface area contributed by atoms with Gasteiger partial charge in [-0.15, -0.1) is 0 Å². The van der Waals surface area contributed by atoms with Crippen LogP contribution in [-0.4, -0.2) is 12.9 Å². The summed E-state index contributed by atoms with van der Waals surface area (Å²) in [6, 6.07) is 11.6. The molecule has 0 unspecified atom stereocenters. The smallest absolute Gasteiger partial charge is 0.205 e. The van der Waals surface area contributed by atoms with E-state index in [-0.39, 0.29) is 34.4 Å². The van der Waals surface area contributed by atoms with Crippen molar-refractivity contribution in [1.29, 1.82) is 5.26 Å². The van der Waals surface area contributed by atoms with Crippen molar-refractivity contribution in [3.8, 4) is 17.6 Å². The molecule has 0 spiro atoms. The molecule has 4 rings (SSSR count). The Bertz CT molecular complexity index is 1180.